The van der Waals surface area contributed by atoms with Gasteiger partial charge in [-0.2, -0.15) is 13.2 Å². The van der Waals surface area contributed by atoms with Crippen LogP contribution in [0.25, 0.3) is 10.9 Å². The van der Waals surface area contributed by atoms with Gasteiger partial charge in [0, 0.05) is 42.7 Å². The van der Waals surface area contributed by atoms with Crippen molar-refractivity contribution in [3.05, 3.63) is 36.0 Å². The van der Waals surface area contributed by atoms with Crippen LogP contribution in [0.1, 0.15) is 45.6 Å². The minimum absolute atomic E-state index is 0.00574. The third-order valence-corrected chi connectivity index (χ3v) is 7.87. The molecule has 1 aromatic heterocycles. The number of alkyl halides is 3. The number of hydrogen-bond acceptors (Lipinski definition) is 4. The van der Waals surface area contributed by atoms with Crippen LogP contribution in [0.4, 0.5) is 13.2 Å². The third kappa shape index (κ3) is 7.44. The lowest BCUT2D eigenvalue weighted by Crippen LogP contribution is -2.54. The van der Waals surface area contributed by atoms with Crippen LogP contribution < -0.4 is 10.0 Å². The topological polar surface area (TPSA) is 94.3 Å². The van der Waals surface area contributed by atoms with Crippen molar-refractivity contribution in [2.75, 3.05) is 26.2 Å². The molecule has 1 atom stereocenters. The number of para-hydroxylation sites is 1. The Bertz CT molecular complexity index is 1100. The number of aromatic amines is 1. The van der Waals surface area contributed by atoms with Crippen molar-refractivity contribution in [1.82, 2.24) is 19.9 Å². The Hall–Kier alpha value is -2.11. The second-order valence-electron chi connectivity index (χ2n) is 10.4. The van der Waals surface area contributed by atoms with E-state index in [1.807, 2.05) is 34.0 Å². The predicted molar refractivity (Wildman–Crippen MR) is 130 cm³/mol. The number of nitrogens with zero attached hydrogens (tertiary/aromatic N) is 1. The highest BCUT2D eigenvalue weighted by Crippen LogP contribution is 2.28. The Morgan fingerprint density at radius 1 is 1.17 bits per heavy atom. The highest BCUT2D eigenvalue weighted by atomic mass is 32.2. The van der Waals surface area contributed by atoms with Crippen molar-refractivity contribution in [2.45, 2.75) is 58.0 Å². The minimum atomic E-state index is -5.43. The molecule has 1 aliphatic heterocycles. The number of nitrogens with one attached hydrogen (secondary N) is 3. The summed E-state index contributed by atoms with van der Waals surface area (Å²) in [7, 11) is -5.43. The lowest BCUT2D eigenvalue weighted by atomic mass is 9.86. The number of sulfonamides is 1. The number of piperidine rings is 1. The van der Waals surface area contributed by atoms with E-state index in [4.69, 9.17) is 0 Å². The first-order valence-electron chi connectivity index (χ1n) is 11.9. The van der Waals surface area contributed by atoms with Gasteiger partial charge in [-0.25, -0.2) is 13.1 Å². The first kappa shape index (κ1) is 27.5. The highest BCUT2D eigenvalue weighted by Gasteiger charge is 2.48. The van der Waals surface area contributed by atoms with E-state index in [0.717, 1.165) is 35.7 Å². The van der Waals surface area contributed by atoms with Crippen LogP contribution in [0.2, 0.25) is 0 Å². The fraction of sp³-hybridized carbons (Fsp3) is 0.625. The van der Waals surface area contributed by atoms with Crippen LogP contribution in [0.3, 0.4) is 0 Å². The van der Waals surface area contributed by atoms with Crippen LogP contribution >= 0.6 is 0 Å². The van der Waals surface area contributed by atoms with Crippen LogP contribution in [-0.4, -0.2) is 61.9 Å². The van der Waals surface area contributed by atoms with E-state index in [1.165, 1.54) is 0 Å². The second kappa shape index (κ2) is 10.9. The summed E-state index contributed by atoms with van der Waals surface area (Å²) in [4.78, 5) is 17.6. The van der Waals surface area contributed by atoms with E-state index in [1.54, 1.807) is 20.8 Å². The summed E-state index contributed by atoms with van der Waals surface area (Å²) in [5.74, 6) is 0.188. The molecule has 196 valence electrons. The molecule has 1 fully saturated rings. The molecule has 1 unspecified atom stereocenters. The fourth-order valence-electron chi connectivity index (χ4n) is 4.38. The molecule has 1 aromatic carbocycles. The molecule has 35 heavy (non-hydrogen) atoms. The lowest BCUT2D eigenvalue weighted by Gasteiger charge is -2.38. The van der Waals surface area contributed by atoms with Gasteiger partial charge in [0.05, 0.1) is 0 Å². The number of rotatable bonds is 9. The first-order valence-corrected chi connectivity index (χ1v) is 13.4. The minimum Gasteiger partial charge on any atom is -0.361 e. The van der Waals surface area contributed by atoms with Gasteiger partial charge in [-0.05, 0) is 55.3 Å². The molecule has 1 saturated heterocycles. The van der Waals surface area contributed by atoms with Crippen molar-refractivity contribution < 1.29 is 26.4 Å². The maximum atomic E-state index is 12.9. The number of H-pyrrole nitrogens is 1. The Morgan fingerprint density at radius 2 is 1.83 bits per heavy atom. The molecule has 11 heteroatoms. The summed E-state index contributed by atoms with van der Waals surface area (Å²) in [6.07, 6.45) is 4.57. The predicted octanol–water partition coefficient (Wildman–Crippen LogP) is 3.78. The van der Waals surface area contributed by atoms with Crippen LogP contribution in [0.5, 0.6) is 0 Å². The van der Waals surface area contributed by atoms with Crippen molar-refractivity contribution in [2.24, 2.45) is 11.3 Å². The largest absolute Gasteiger partial charge is 0.511 e. The van der Waals surface area contributed by atoms with Gasteiger partial charge >= 0.3 is 15.5 Å². The number of benzene rings is 1. The molecule has 0 aliphatic carbocycles. The van der Waals surface area contributed by atoms with Crippen LogP contribution in [0, 0.1) is 11.3 Å². The average molecular weight is 517 g/mol. The molecule has 0 radical (unpaired) electrons. The molecule has 3 N–H and O–H groups in total. The van der Waals surface area contributed by atoms with Gasteiger partial charge in [0.15, 0.2) is 0 Å². The summed E-state index contributed by atoms with van der Waals surface area (Å²) < 4.78 is 63.7. The Kier molecular flexibility index (Phi) is 8.54. The molecular weight excluding hydrogens is 481 g/mol. The molecular formula is C24H35F3N4O3S. The quantitative estimate of drug-likeness (QED) is 0.473. The molecule has 3 rings (SSSR count). The summed E-state index contributed by atoms with van der Waals surface area (Å²) in [6.45, 7) is 7.08. The van der Waals surface area contributed by atoms with E-state index in [0.29, 0.717) is 26.1 Å². The van der Waals surface area contributed by atoms with Gasteiger partial charge in [-0.3, -0.25) is 4.79 Å². The zero-order chi connectivity index (χ0) is 25.9. The number of carbonyl (C=O) groups excluding carboxylic acids is 1. The van der Waals surface area contributed by atoms with Crippen molar-refractivity contribution in [3.8, 4) is 0 Å². The Balaban J connectivity index is 1.43. The van der Waals surface area contributed by atoms with Crippen LogP contribution in [-0.2, 0) is 21.2 Å². The van der Waals surface area contributed by atoms with Gasteiger partial charge in [0.1, 0.15) is 0 Å². The van der Waals surface area contributed by atoms with E-state index in [9.17, 15) is 26.4 Å². The summed E-state index contributed by atoms with van der Waals surface area (Å²) >= 11 is 0. The maximum absolute atomic E-state index is 12.9. The number of hydrogen-bond donors (Lipinski definition) is 3. The number of fused-ring (bicyclic) bond motifs is 1. The van der Waals surface area contributed by atoms with E-state index in [2.05, 4.69) is 16.4 Å². The Labute approximate surface area is 204 Å². The SMILES string of the molecule is CC(C)(C)C(CN1CCC(CC(=O)NCCc2c[nH]c3ccccc23)CC1)NS(=O)(=O)C(F)(F)F. The van der Waals surface area contributed by atoms with E-state index < -0.39 is 27.0 Å². The first-order chi connectivity index (χ1) is 16.3. The van der Waals surface area contributed by atoms with E-state index in [-0.39, 0.29) is 18.4 Å². The van der Waals surface area contributed by atoms with Crippen molar-refractivity contribution >= 4 is 26.8 Å². The summed E-state index contributed by atoms with van der Waals surface area (Å²) in [6, 6.07) is 7.13. The van der Waals surface area contributed by atoms with Gasteiger partial charge < -0.3 is 15.2 Å². The molecule has 1 aliphatic rings. The van der Waals surface area contributed by atoms with Gasteiger partial charge in [-0.15, -0.1) is 0 Å². The standard InChI is InChI=1S/C24H35F3N4O3S/c1-23(2,3)21(30-35(33,34)24(25,26)27)16-31-12-9-17(10-13-31)14-22(32)28-11-8-18-15-29-20-7-5-4-6-19(18)20/h4-7,15,17,21,29-30H,8-14,16H2,1-3H3,(H,28,32). The van der Waals surface area contributed by atoms with Gasteiger partial charge in [0.25, 0.3) is 0 Å². The molecule has 0 saturated carbocycles. The van der Waals surface area contributed by atoms with Crippen molar-refractivity contribution in [1.29, 1.82) is 0 Å². The van der Waals surface area contributed by atoms with Crippen LogP contribution in [0.15, 0.2) is 30.5 Å². The molecule has 2 aromatic rings. The second-order valence-corrected chi connectivity index (χ2v) is 12.1. The number of amides is 1. The zero-order valence-electron chi connectivity index (χ0n) is 20.4. The summed E-state index contributed by atoms with van der Waals surface area (Å²) in [5, 5.41) is 4.14. The Morgan fingerprint density at radius 3 is 2.46 bits per heavy atom. The normalized spacial score (nSPS) is 17.5. The maximum Gasteiger partial charge on any atom is 0.511 e. The molecule has 7 nitrogen and oxygen atoms in total. The smallest absolute Gasteiger partial charge is 0.361 e. The average Bonchev–Trinajstić information content (AvgIpc) is 3.16. The van der Waals surface area contributed by atoms with Gasteiger partial charge in [0.2, 0.25) is 5.91 Å². The zero-order valence-corrected chi connectivity index (χ0v) is 21.2. The number of aromatic nitrogens is 1. The highest BCUT2D eigenvalue weighted by molar-refractivity contribution is 7.90. The fourth-order valence-corrected chi connectivity index (χ4v) is 5.32. The lowest BCUT2D eigenvalue weighted by molar-refractivity contribution is -0.122. The number of carbonyl (C=O) groups is 1. The van der Waals surface area contributed by atoms with E-state index >= 15 is 0 Å². The molecule has 0 spiro atoms. The molecule has 2 heterocycles. The third-order valence-electron chi connectivity index (χ3n) is 6.66. The number of halogens is 3. The summed E-state index contributed by atoms with van der Waals surface area (Å²) in [5.41, 5.74) is -3.81. The molecule has 0 bridgehead atoms. The number of likely N-dealkylation sites (tertiary alicyclic amines) is 1. The van der Waals surface area contributed by atoms with Crippen molar-refractivity contribution in [3.63, 3.8) is 0 Å². The van der Waals surface area contributed by atoms with Gasteiger partial charge in [-0.1, -0.05) is 39.0 Å². The molecule has 1 amide bonds. The monoisotopic (exact) mass is 516 g/mol.